The van der Waals surface area contributed by atoms with E-state index in [1.54, 1.807) is 0 Å². The van der Waals surface area contributed by atoms with Gasteiger partial charge in [-0.25, -0.2) is 0 Å². The van der Waals surface area contributed by atoms with E-state index < -0.39 is 5.79 Å². The maximum absolute atomic E-state index is 6.22. The van der Waals surface area contributed by atoms with E-state index in [9.17, 15) is 0 Å². The van der Waals surface area contributed by atoms with Gasteiger partial charge < -0.3 is 30.0 Å². The van der Waals surface area contributed by atoms with Crippen molar-refractivity contribution in [2.75, 3.05) is 39.6 Å². The summed E-state index contributed by atoms with van der Waals surface area (Å²) in [7, 11) is 0. The van der Waals surface area contributed by atoms with Gasteiger partial charge in [0.1, 0.15) is 12.4 Å². The molecule has 2 atom stereocenters. The van der Waals surface area contributed by atoms with Gasteiger partial charge in [-0.1, -0.05) is 32.0 Å². The summed E-state index contributed by atoms with van der Waals surface area (Å²) in [5.41, 5.74) is 7.17. The Bertz CT molecular complexity index is 695. The number of rotatable bonds is 4. The van der Waals surface area contributed by atoms with Crippen molar-refractivity contribution in [2.24, 2.45) is 22.1 Å². The highest BCUT2D eigenvalue weighted by molar-refractivity contribution is 5.78. The van der Waals surface area contributed by atoms with E-state index in [1.165, 1.54) is 0 Å². The summed E-state index contributed by atoms with van der Waals surface area (Å²) < 4.78 is 23.2. The highest BCUT2D eigenvalue weighted by Crippen LogP contribution is 2.44. The molecule has 2 unspecified atom stereocenters. The number of nitrogens with one attached hydrogen (secondary N) is 1. The summed E-state index contributed by atoms with van der Waals surface area (Å²) in [6, 6.07) is 8.16. The van der Waals surface area contributed by atoms with Crippen molar-refractivity contribution in [3.8, 4) is 5.75 Å². The normalized spacial score (nSPS) is 27.4. The highest BCUT2D eigenvalue weighted by atomic mass is 16.8. The second-order valence-electron chi connectivity index (χ2n) is 8.14. The van der Waals surface area contributed by atoms with Crippen LogP contribution in [0.2, 0.25) is 0 Å². The highest BCUT2D eigenvalue weighted by Gasteiger charge is 2.55. The van der Waals surface area contributed by atoms with Crippen LogP contribution in [0.3, 0.4) is 0 Å². The molecule has 3 aliphatic heterocycles. The smallest absolute Gasteiger partial charge is 0.197 e. The van der Waals surface area contributed by atoms with Crippen molar-refractivity contribution in [2.45, 2.75) is 32.1 Å². The molecule has 7 nitrogen and oxygen atoms in total. The van der Waals surface area contributed by atoms with E-state index >= 15 is 0 Å². The Morgan fingerprint density at radius 2 is 2.04 bits per heavy atom. The molecule has 0 radical (unpaired) electrons. The minimum Gasteiger partial charge on any atom is -0.493 e. The van der Waals surface area contributed by atoms with Crippen LogP contribution >= 0.6 is 0 Å². The molecule has 1 aromatic carbocycles. The maximum Gasteiger partial charge on any atom is 0.197 e. The van der Waals surface area contributed by atoms with Crippen molar-refractivity contribution >= 4 is 5.96 Å². The molecule has 0 aromatic heterocycles. The summed E-state index contributed by atoms with van der Waals surface area (Å²) in [5.74, 6) is 0.856. The van der Waals surface area contributed by atoms with E-state index in [-0.39, 0.29) is 17.4 Å². The molecule has 4 rings (SSSR count). The second kappa shape index (κ2) is 7.30. The molecule has 2 fully saturated rings. The summed E-state index contributed by atoms with van der Waals surface area (Å²) >= 11 is 0. The fourth-order valence-electron chi connectivity index (χ4n) is 4.24. The lowest BCUT2D eigenvalue weighted by atomic mass is 9.75. The molecular weight excluding hydrogens is 346 g/mol. The lowest BCUT2D eigenvalue weighted by molar-refractivity contribution is -0.196. The first-order chi connectivity index (χ1) is 13.0. The van der Waals surface area contributed by atoms with Crippen LogP contribution < -0.4 is 15.8 Å². The van der Waals surface area contributed by atoms with Gasteiger partial charge >= 0.3 is 0 Å². The minimum atomic E-state index is -0.624. The average molecular weight is 375 g/mol. The van der Waals surface area contributed by atoms with Crippen LogP contribution in [0.15, 0.2) is 29.3 Å². The van der Waals surface area contributed by atoms with Gasteiger partial charge in [-0.05, 0) is 11.5 Å². The number of fused-ring (bicyclic) bond motifs is 1. The third kappa shape index (κ3) is 3.63. The van der Waals surface area contributed by atoms with Crippen LogP contribution in [0.5, 0.6) is 5.75 Å². The monoisotopic (exact) mass is 375 g/mol. The minimum absolute atomic E-state index is 0.115. The fourth-order valence-corrected chi connectivity index (χ4v) is 4.24. The largest absolute Gasteiger partial charge is 0.493 e. The predicted molar refractivity (Wildman–Crippen MR) is 102 cm³/mol. The van der Waals surface area contributed by atoms with Gasteiger partial charge in [0, 0.05) is 24.4 Å². The van der Waals surface area contributed by atoms with E-state index in [4.69, 9.17) is 24.7 Å². The van der Waals surface area contributed by atoms with Crippen molar-refractivity contribution < 1.29 is 18.9 Å². The second-order valence-corrected chi connectivity index (χ2v) is 8.14. The zero-order valence-electron chi connectivity index (χ0n) is 16.1. The van der Waals surface area contributed by atoms with E-state index in [0.717, 1.165) is 17.7 Å². The molecule has 2 saturated heterocycles. The summed E-state index contributed by atoms with van der Waals surface area (Å²) in [5, 5.41) is 3.35. The zero-order chi connectivity index (χ0) is 18.9. The SMILES string of the molecule is CC(C)(CN=C(N)NC1CCOc2ccccc21)C1COCC12OCCO2. The molecular formula is C20H29N3O4. The van der Waals surface area contributed by atoms with Crippen LogP contribution in [0.1, 0.15) is 31.9 Å². The van der Waals surface area contributed by atoms with Crippen molar-refractivity contribution in [3.63, 3.8) is 0 Å². The van der Waals surface area contributed by atoms with Crippen molar-refractivity contribution in [1.82, 2.24) is 5.32 Å². The van der Waals surface area contributed by atoms with Crippen LogP contribution in [0.4, 0.5) is 0 Å². The summed E-state index contributed by atoms with van der Waals surface area (Å²) in [6.45, 7) is 7.90. The van der Waals surface area contributed by atoms with Crippen LogP contribution in [-0.2, 0) is 14.2 Å². The number of aliphatic imine (C=N–C) groups is 1. The molecule has 27 heavy (non-hydrogen) atoms. The predicted octanol–water partition coefficient (Wildman–Crippen LogP) is 1.83. The number of hydrogen-bond donors (Lipinski definition) is 2. The molecule has 0 aliphatic carbocycles. The number of nitrogens with zero attached hydrogens (tertiary/aromatic N) is 1. The van der Waals surface area contributed by atoms with E-state index in [1.807, 2.05) is 18.2 Å². The standard InChI is InChI=1S/C20H29N3O4/c1-19(2,17-11-24-13-20(17)26-9-10-27-20)12-22-18(21)23-15-7-8-25-16-6-4-3-5-14(15)16/h3-6,15,17H,7-13H2,1-2H3,(H3,21,22,23). The number of ether oxygens (including phenoxy) is 4. The molecule has 0 amide bonds. The van der Waals surface area contributed by atoms with Gasteiger partial charge in [0.2, 0.25) is 0 Å². The maximum atomic E-state index is 6.22. The Morgan fingerprint density at radius 1 is 1.26 bits per heavy atom. The summed E-state index contributed by atoms with van der Waals surface area (Å²) in [4.78, 5) is 4.64. The van der Waals surface area contributed by atoms with Gasteiger partial charge in [-0.15, -0.1) is 0 Å². The van der Waals surface area contributed by atoms with E-state index in [0.29, 0.717) is 45.5 Å². The van der Waals surface area contributed by atoms with Crippen molar-refractivity contribution in [1.29, 1.82) is 0 Å². The topological polar surface area (TPSA) is 87.3 Å². The Kier molecular flexibility index (Phi) is 5.01. The van der Waals surface area contributed by atoms with Crippen LogP contribution in [0.25, 0.3) is 0 Å². The first-order valence-electron chi connectivity index (χ1n) is 9.64. The lowest BCUT2D eigenvalue weighted by Gasteiger charge is -2.38. The van der Waals surface area contributed by atoms with Gasteiger partial charge in [0.25, 0.3) is 0 Å². The number of nitrogens with two attached hydrogens (primary N) is 1. The average Bonchev–Trinajstić information content (AvgIpc) is 3.31. The molecule has 0 saturated carbocycles. The van der Waals surface area contributed by atoms with Crippen molar-refractivity contribution in [3.05, 3.63) is 29.8 Å². The molecule has 0 bridgehead atoms. The summed E-state index contributed by atoms with van der Waals surface area (Å²) in [6.07, 6.45) is 0.859. The lowest BCUT2D eigenvalue weighted by Crippen LogP contribution is -2.47. The van der Waals surface area contributed by atoms with Gasteiger partial charge in [-0.2, -0.15) is 0 Å². The van der Waals surface area contributed by atoms with Gasteiger partial charge in [0.05, 0.1) is 32.5 Å². The van der Waals surface area contributed by atoms with Gasteiger partial charge in [0.15, 0.2) is 11.7 Å². The number of hydrogen-bond acceptors (Lipinski definition) is 5. The first kappa shape index (κ1) is 18.5. The van der Waals surface area contributed by atoms with Gasteiger partial charge in [-0.3, -0.25) is 4.99 Å². The molecule has 148 valence electrons. The molecule has 1 aromatic rings. The first-order valence-corrected chi connectivity index (χ1v) is 9.64. The Balaban J connectivity index is 1.42. The molecule has 1 spiro atoms. The quantitative estimate of drug-likeness (QED) is 0.617. The zero-order valence-corrected chi connectivity index (χ0v) is 16.1. The Labute approximate surface area is 160 Å². The molecule has 3 heterocycles. The number of guanidine groups is 1. The van der Waals surface area contributed by atoms with E-state index in [2.05, 4.69) is 30.2 Å². The third-order valence-electron chi connectivity index (χ3n) is 5.78. The molecule has 7 heteroatoms. The third-order valence-corrected chi connectivity index (χ3v) is 5.78. The van der Waals surface area contributed by atoms with Crippen LogP contribution in [-0.4, -0.2) is 51.3 Å². The molecule has 3 N–H and O–H groups in total. The Morgan fingerprint density at radius 3 is 2.85 bits per heavy atom. The van der Waals surface area contributed by atoms with Crippen LogP contribution in [0, 0.1) is 11.3 Å². The number of benzene rings is 1. The Hall–Kier alpha value is -1.83. The molecule has 3 aliphatic rings. The number of para-hydroxylation sites is 1. The fraction of sp³-hybridized carbons (Fsp3) is 0.650.